The van der Waals surface area contributed by atoms with Crippen LogP contribution in [0.1, 0.15) is 66.6 Å². The minimum absolute atomic E-state index is 0.0344. The molecule has 2 aromatic rings. The maximum absolute atomic E-state index is 13.8. The largest absolute Gasteiger partial charge is 0.480 e. The van der Waals surface area contributed by atoms with Crippen LogP contribution in [-0.4, -0.2) is 65.4 Å². The Labute approximate surface area is 224 Å². The van der Waals surface area contributed by atoms with Crippen molar-refractivity contribution in [2.24, 2.45) is 5.92 Å². The zero-order valence-corrected chi connectivity index (χ0v) is 23.6. The highest BCUT2D eigenvalue weighted by Gasteiger charge is 2.42. The van der Waals surface area contributed by atoms with E-state index in [0.29, 0.717) is 24.4 Å². The molecule has 2 fully saturated rings. The SMILES string of the molecule is CSc1ccc(C(=O)[C@@H]2CN(C(=O)N3CCCC3)C[C@H]2c2cc(C)c(OC(C)(C)C(C)=O)c(C)c2)cc1. The molecule has 0 spiro atoms. The molecule has 4 rings (SSSR count). The van der Waals surface area contributed by atoms with Crippen LogP contribution in [0.4, 0.5) is 4.79 Å². The monoisotopic (exact) mass is 522 g/mol. The molecule has 0 unspecified atom stereocenters. The second-order valence-corrected chi connectivity index (χ2v) is 11.7. The molecule has 0 aromatic heterocycles. The molecule has 0 N–H and O–H groups in total. The maximum atomic E-state index is 13.8. The van der Waals surface area contributed by atoms with E-state index < -0.39 is 5.60 Å². The van der Waals surface area contributed by atoms with Crippen molar-refractivity contribution in [1.29, 1.82) is 0 Å². The summed E-state index contributed by atoms with van der Waals surface area (Å²) in [6.07, 6.45) is 4.08. The Bertz CT molecular complexity index is 1160. The van der Waals surface area contributed by atoms with Crippen LogP contribution in [0, 0.1) is 19.8 Å². The van der Waals surface area contributed by atoms with Crippen molar-refractivity contribution in [1.82, 2.24) is 9.80 Å². The number of ether oxygens (including phenoxy) is 1. The van der Waals surface area contributed by atoms with Gasteiger partial charge in [0, 0.05) is 48.5 Å². The summed E-state index contributed by atoms with van der Waals surface area (Å²) >= 11 is 1.64. The number of likely N-dealkylation sites (tertiary alicyclic amines) is 2. The summed E-state index contributed by atoms with van der Waals surface area (Å²) in [6.45, 7) is 11.5. The fraction of sp³-hybridized carbons (Fsp3) is 0.500. The number of urea groups is 1. The summed E-state index contributed by atoms with van der Waals surface area (Å²) in [4.78, 5) is 44.1. The molecule has 2 amide bonds. The topological polar surface area (TPSA) is 66.9 Å². The summed E-state index contributed by atoms with van der Waals surface area (Å²) in [7, 11) is 0. The molecule has 7 heteroatoms. The number of hydrogen-bond donors (Lipinski definition) is 0. The van der Waals surface area contributed by atoms with Crippen LogP contribution in [-0.2, 0) is 4.79 Å². The average Bonchev–Trinajstić information content (AvgIpc) is 3.56. The molecule has 2 atom stereocenters. The summed E-state index contributed by atoms with van der Waals surface area (Å²) in [6, 6.07) is 11.9. The van der Waals surface area contributed by atoms with Crippen LogP contribution in [0.25, 0.3) is 0 Å². The molecule has 198 valence electrons. The maximum Gasteiger partial charge on any atom is 0.320 e. The van der Waals surface area contributed by atoms with Crippen LogP contribution >= 0.6 is 11.8 Å². The number of thioether (sulfide) groups is 1. The number of carbonyl (C=O) groups excluding carboxylic acids is 3. The van der Waals surface area contributed by atoms with E-state index in [-0.39, 0.29) is 29.4 Å². The minimum atomic E-state index is -0.926. The van der Waals surface area contributed by atoms with Crippen LogP contribution in [0.3, 0.4) is 0 Å². The van der Waals surface area contributed by atoms with Gasteiger partial charge in [-0.3, -0.25) is 9.59 Å². The van der Waals surface area contributed by atoms with Gasteiger partial charge in [0.2, 0.25) is 0 Å². The Hall–Kier alpha value is -2.80. The lowest BCUT2D eigenvalue weighted by Gasteiger charge is -2.27. The standard InChI is InChI=1S/C30H38N2O4S/c1-19-15-23(16-20(2)28(19)36-30(4,5)21(3)33)25-17-32(29(35)31-13-7-8-14-31)18-26(25)27(34)22-9-11-24(37-6)12-10-22/h9-12,15-16,25-26H,7-8,13-14,17-18H2,1-6H3/t25-,26+/m0/s1. The molecule has 6 nitrogen and oxygen atoms in total. The molecule has 0 bridgehead atoms. The van der Waals surface area contributed by atoms with E-state index in [4.69, 9.17) is 4.74 Å². The van der Waals surface area contributed by atoms with E-state index >= 15 is 0 Å². The highest BCUT2D eigenvalue weighted by Crippen LogP contribution is 2.39. The summed E-state index contributed by atoms with van der Waals surface area (Å²) < 4.78 is 6.15. The first-order valence-corrected chi connectivity index (χ1v) is 14.3. The van der Waals surface area contributed by atoms with Crippen molar-refractivity contribution in [3.8, 4) is 5.75 Å². The molecule has 0 radical (unpaired) electrons. The van der Waals surface area contributed by atoms with Gasteiger partial charge in [-0.25, -0.2) is 4.79 Å². The van der Waals surface area contributed by atoms with Crippen LogP contribution in [0.5, 0.6) is 5.75 Å². The van der Waals surface area contributed by atoms with Crippen LogP contribution in [0.2, 0.25) is 0 Å². The molecule has 37 heavy (non-hydrogen) atoms. The summed E-state index contributed by atoms with van der Waals surface area (Å²) in [5.74, 6) is 0.281. The molecule has 0 aliphatic carbocycles. The number of hydrogen-bond acceptors (Lipinski definition) is 5. The van der Waals surface area contributed by atoms with E-state index in [0.717, 1.165) is 47.5 Å². The Morgan fingerprint density at radius 3 is 2.08 bits per heavy atom. The molecular weight excluding hydrogens is 484 g/mol. The molecule has 2 heterocycles. The van der Waals surface area contributed by atoms with E-state index in [2.05, 4.69) is 12.1 Å². The third kappa shape index (κ3) is 5.71. The number of Topliss-reactive ketones (excluding diaryl/α,β-unsaturated/α-hetero) is 2. The number of ketones is 2. The lowest BCUT2D eigenvalue weighted by Crippen LogP contribution is -2.40. The lowest BCUT2D eigenvalue weighted by molar-refractivity contribution is -0.129. The van der Waals surface area contributed by atoms with Gasteiger partial charge in [-0.15, -0.1) is 11.8 Å². The van der Waals surface area contributed by atoms with Crippen molar-refractivity contribution in [3.63, 3.8) is 0 Å². The minimum Gasteiger partial charge on any atom is -0.480 e. The number of nitrogens with zero attached hydrogens (tertiary/aromatic N) is 2. The molecule has 2 saturated heterocycles. The smallest absolute Gasteiger partial charge is 0.320 e. The fourth-order valence-corrected chi connectivity index (χ4v) is 5.74. The van der Waals surface area contributed by atoms with E-state index in [9.17, 15) is 14.4 Å². The first kappa shape index (κ1) is 27.2. The number of rotatable bonds is 7. The van der Waals surface area contributed by atoms with Crippen LogP contribution < -0.4 is 4.74 Å². The Morgan fingerprint density at radius 2 is 1.54 bits per heavy atom. The molecular formula is C30H38N2O4S. The zero-order chi connectivity index (χ0) is 26.9. The van der Waals surface area contributed by atoms with Crippen molar-refractivity contribution in [2.45, 2.75) is 63.9 Å². The summed E-state index contributed by atoms with van der Waals surface area (Å²) in [5.41, 5.74) is 2.62. The van der Waals surface area contributed by atoms with Gasteiger partial charge >= 0.3 is 6.03 Å². The predicted molar refractivity (Wildman–Crippen MR) is 148 cm³/mol. The normalized spacial score (nSPS) is 19.8. The van der Waals surface area contributed by atoms with Gasteiger partial charge in [0.15, 0.2) is 17.2 Å². The van der Waals surface area contributed by atoms with Gasteiger partial charge in [-0.1, -0.05) is 24.3 Å². The molecule has 0 saturated carbocycles. The van der Waals surface area contributed by atoms with Gasteiger partial charge in [0.05, 0.1) is 0 Å². The first-order valence-electron chi connectivity index (χ1n) is 13.0. The van der Waals surface area contributed by atoms with Crippen molar-refractivity contribution in [2.75, 3.05) is 32.4 Å². The van der Waals surface area contributed by atoms with Gasteiger partial charge in [-0.05, 0) is 82.5 Å². The second kappa shape index (κ2) is 10.9. The van der Waals surface area contributed by atoms with E-state index in [1.165, 1.54) is 6.92 Å². The third-order valence-corrected chi connectivity index (χ3v) is 8.54. The Balaban J connectivity index is 1.67. The van der Waals surface area contributed by atoms with Gasteiger partial charge in [-0.2, -0.15) is 0 Å². The van der Waals surface area contributed by atoms with E-state index in [1.807, 2.05) is 54.2 Å². The van der Waals surface area contributed by atoms with Crippen molar-refractivity contribution in [3.05, 3.63) is 58.7 Å². The number of benzene rings is 2. The summed E-state index contributed by atoms with van der Waals surface area (Å²) in [5, 5.41) is 0. The quantitative estimate of drug-likeness (QED) is 0.335. The van der Waals surface area contributed by atoms with E-state index in [1.54, 1.807) is 25.6 Å². The van der Waals surface area contributed by atoms with Gasteiger partial charge < -0.3 is 14.5 Å². The number of carbonyl (C=O) groups is 3. The van der Waals surface area contributed by atoms with Gasteiger partial charge in [0.25, 0.3) is 0 Å². The molecule has 2 aromatic carbocycles. The number of aryl methyl sites for hydroxylation is 2. The second-order valence-electron chi connectivity index (χ2n) is 10.8. The molecule has 2 aliphatic heterocycles. The van der Waals surface area contributed by atoms with Crippen molar-refractivity contribution >= 4 is 29.4 Å². The third-order valence-electron chi connectivity index (χ3n) is 7.79. The average molecular weight is 523 g/mol. The highest BCUT2D eigenvalue weighted by molar-refractivity contribution is 7.98. The van der Waals surface area contributed by atoms with Crippen molar-refractivity contribution < 1.29 is 19.1 Å². The first-order chi connectivity index (χ1) is 17.5. The van der Waals surface area contributed by atoms with Crippen LogP contribution in [0.15, 0.2) is 41.3 Å². The zero-order valence-electron chi connectivity index (χ0n) is 22.8. The molecule has 2 aliphatic rings. The predicted octanol–water partition coefficient (Wildman–Crippen LogP) is 5.89. The fourth-order valence-electron chi connectivity index (χ4n) is 5.33. The lowest BCUT2D eigenvalue weighted by atomic mass is 9.82. The number of amides is 2. The highest BCUT2D eigenvalue weighted by atomic mass is 32.2. The Morgan fingerprint density at radius 1 is 0.946 bits per heavy atom. The Kier molecular flexibility index (Phi) is 8.02. The van der Waals surface area contributed by atoms with Gasteiger partial charge in [0.1, 0.15) is 5.75 Å².